The first-order valence-electron chi connectivity index (χ1n) is 8.41. The second-order valence-corrected chi connectivity index (χ2v) is 6.40. The van der Waals surface area contributed by atoms with Gasteiger partial charge < -0.3 is 15.2 Å². The summed E-state index contributed by atoms with van der Waals surface area (Å²) < 4.78 is 5.70. The van der Waals surface area contributed by atoms with Gasteiger partial charge >= 0.3 is 0 Å². The first kappa shape index (κ1) is 16.5. The number of hydrogen-bond donors (Lipinski definition) is 2. The molecule has 0 bridgehead atoms. The molecule has 0 saturated heterocycles. The van der Waals surface area contributed by atoms with E-state index < -0.39 is 5.54 Å². The number of ether oxygens (including phenoxy) is 1. The molecule has 0 radical (unpaired) electrons. The van der Waals surface area contributed by atoms with Crippen LogP contribution in [0.5, 0.6) is 5.75 Å². The highest BCUT2D eigenvalue weighted by atomic mass is 16.5. The van der Waals surface area contributed by atoms with Gasteiger partial charge in [-0.15, -0.1) is 0 Å². The predicted octanol–water partition coefficient (Wildman–Crippen LogP) is 3.30. The second kappa shape index (κ2) is 7.49. The lowest BCUT2D eigenvalue weighted by molar-refractivity contribution is 0.0838. The molecule has 0 aromatic heterocycles. The van der Waals surface area contributed by atoms with Crippen molar-refractivity contribution in [3.63, 3.8) is 0 Å². The molecule has 24 heavy (non-hydrogen) atoms. The first-order chi connectivity index (χ1) is 11.7. The predicted molar refractivity (Wildman–Crippen MR) is 93.0 cm³/mol. The third-order valence-electron chi connectivity index (χ3n) is 4.61. The van der Waals surface area contributed by atoms with Crippen LogP contribution in [-0.2, 0) is 6.61 Å². The number of benzene rings is 2. The third-order valence-corrected chi connectivity index (χ3v) is 4.61. The Hall–Kier alpha value is -2.33. The maximum atomic E-state index is 12.4. The van der Waals surface area contributed by atoms with Crippen LogP contribution in [0.15, 0.2) is 54.6 Å². The molecule has 1 fully saturated rings. The Kier molecular flexibility index (Phi) is 5.16. The minimum absolute atomic E-state index is 0.00173. The van der Waals surface area contributed by atoms with Crippen molar-refractivity contribution < 1.29 is 14.6 Å². The summed E-state index contributed by atoms with van der Waals surface area (Å²) in [6.07, 6.45) is 3.80. The van der Waals surface area contributed by atoms with Crippen LogP contribution in [0.2, 0.25) is 0 Å². The SMILES string of the molecule is O=C(NC1(CO)CCCC1)c1ccc(COc2ccccc2)cc1. The summed E-state index contributed by atoms with van der Waals surface area (Å²) in [4.78, 5) is 12.4. The van der Waals surface area contributed by atoms with Gasteiger partial charge in [-0.1, -0.05) is 43.2 Å². The van der Waals surface area contributed by atoms with Gasteiger partial charge in [0.25, 0.3) is 5.91 Å². The Labute approximate surface area is 142 Å². The quantitative estimate of drug-likeness (QED) is 0.857. The van der Waals surface area contributed by atoms with E-state index in [1.807, 2.05) is 42.5 Å². The Morgan fingerprint density at radius 3 is 2.33 bits per heavy atom. The van der Waals surface area contributed by atoms with Crippen molar-refractivity contribution >= 4 is 5.91 Å². The lowest BCUT2D eigenvalue weighted by atomic mass is 9.98. The first-order valence-corrected chi connectivity index (χ1v) is 8.41. The van der Waals surface area contributed by atoms with E-state index in [2.05, 4.69) is 5.32 Å². The fourth-order valence-electron chi connectivity index (χ4n) is 3.12. The molecule has 0 spiro atoms. The second-order valence-electron chi connectivity index (χ2n) is 6.40. The zero-order valence-corrected chi connectivity index (χ0v) is 13.7. The summed E-state index contributed by atoms with van der Waals surface area (Å²) in [5, 5.41) is 12.6. The standard InChI is InChI=1S/C20H23NO3/c22-15-20(12-4-5-13-20)21-19(23)17-10-8-16(9-11-17)14-24-18-6-2-1-3-7-18/h1-3,6-11,22H,4-5,12-15H2,(H,21,23). The van der Waals surface area contributed by atoms with Crippen LogP contribution < -0.4 is 10.1 Å². The molecule has 0 unspecified atom stereocenters. The lowest BCUT2D eigenvalue weighted by Gasteiger charge is -2.28. The van der Waals surface area contributed by atoms with Gasteiger partial charge in [0.1, 0.15) is 12.4 Å². The number of amides is 1. The molecule has 1 saturated carbocycles. The maximum Gasteiger partial charge on any atom is 0.251 e. The van der Waals surface area contributed by atoms with Crippen molar-refractivity contribution in [3.8, 4) is 5.75 Å². The number of para-hydroxylation sites is 1. The third kappa shape index (κ3) is 3.95. The topological polar surface area (TPSA) is 58.6 Å². The van der Waals surface area contributed by atoms with E-state index in [1.165, 1.54) is 0 Å². The van der Waals surface area contributed by atoms with E-state index in [4.69, 9.17) is 4.74 Å². The van der Waals surface area contributed by atoms with Crippen molar-refractivity contribution in [1.82, 2.24) is 5.32 Å². The van der Waals surface area contributed by atoms with Gasteiger partial charge in [0.2, 0.25) is 0 Å². The minimum Gasteiger partial charge on any atom is -0.489 e. The van der Waals surface area contributed by atoms with Crippen LogP contribution in [0.3, 0.4) is 0 Å². The highest BCUT2D eigenvalue weighted by Crippen LogP contribution is 2.29. The summed E-state index contributed by atoms with van der Waals surface area (Å²) in [5.74, 6) is 0.701. The molecule has 0 aliphatic heterocycles. The Balaban J connectivity index is 1.58. The molecule has 2 N–H and O–H groups in total. The number of carbonyl (C=O) groups excluding carboxylic acids is 1. The number of nitrogens with one attached hydrogen (secondary N) is 1. The summed E-state index contributed by atoms with van der Waals surface area (Å²) in [5.41, 5.74) is 1.18. The molecule has 4 nitrogen and oxygen atoms in total. The summed E-state index contributed by atoms with van der Waals surface area (Å²) in [6, 6.07) is 17.1. The lowest BCUT2D eigenvalue weighted by Crippen LogP contribution is -2.49. The van der Waals surface area contributed by atoms with Crippen LogP contribution in [-0.4, -0.2) is 23.2 Å². The van der Waals surface area contributed by atoms with Crippen molar-refractivity contribution in [3.05, 3.63) is 65.7 Å². The van der Waals surface area contributed by atoms with E-state index in [9.17, 15) is 9.90 Å². The van der Waals surface area contributed by atoms with Gasteiger partial charge in [-0.05, 0) is 42.7 Å². The fraction of sp³-hybridized carbons (Fsp3) is 0.350. The smallest absolute Gasteiger partial charge is 0.251 e. The molecule has 1 aliphatic rings. The normalized spacial score (nSPS) is 15.9. The molecule has 1 amide bonds. The molecule has 2 aromatic rings. The Morgan fingerprint density at radius 2 is 1.71 bits per heavy atom. The number of aliphatic hydroxyl groups is 1. The van der Waals surface area contributed by atoms with Gasteiger partial charge in [-0.2, -0.15) is 0 Å². The largest absolute Gasteiger partial charge is 0.489 e. The van der Waals surface area contributed by atoms with Crippen molar-refractivity contribution in [2.75, 3.05) is 6.61 Å². The van der Waals surface area contributed by atoms with Gasteiger partial charge in [0.15, 0.2) is 0 Å². The summed E-state index contributed by atoms with van der Waals surface area (Å²) in [7, 11) is 0. The van der Waals surface area contributed by atoms with Gasteiger partial charge in [0.05, 0.1) is 12.1 Å². The van der Waals surface area contributed by atoms with Crippen LogP contribution >= 0.6 is 0 Å². The number of rotatable bonds is 6. The monoisotopic (exact) mass is 325 g/mol. The maximum absolute atomic E-state index is 12.4. The van der Waals surface area contributed by atoms with Crippen LogP contribution in [0.1, 0.15) is 41.6 Å². The molecule has 1 aliphatic carbocycles. The van der Waals surface area contributed by atoms with E-state index in [-0.39, 0.29) is 12.5 Å². The zero-order chi connectivity index (χ0) is 16.8. The van der Waals surface area contributed by atoms with E-state index in [0.29, 0.717) is 12.2 Å². The number of aliphatic hydroxyl groups excluding tert-OH is 1. The van der Waals surface area contributed by atoms with Gasteiger partial charge in [-0.3, -0.25) is 4.79 Å². The van der Waals surface area contributed by atoms with E-state index in [1.54, 1.807) is 12.1 Å². The average Bonchev–Trinajstić information content (AvgIpc) is 3.10. The van der Waals surface area contributed by atoms with Gasteiger partial charge in [-0.25, -0.2) is 0 Å². The molecular weight excluding hydrogens is 302 g/mol. The van der Waals surface area contributed by atoms with Crippen molar-refractivity contribution in [2.45, 2.75) is 37.8 Å². The van der Waals surface area contributed by atoms with Crippen LogP contribution in [0.4, 0.5) is 0 Å². The zero-order valence-electron chi connectivity index (χ0n) is 13.7. The van der Waals surface area contributed by atoms with E-state index >= 15 is 0 Å². The van der Waals surface area contributed by atoms with Crippen LogP contribution in [0, 0.1) is 0 Å². The Bertz CT molecular complexity index is 661. The Morgan fingerprint density at radius 1 is 1.04 bits per heavy atom. The molecule has 0 heterocycles. The molecule has 2 aromatic carbocycles. The summed E-state index contributed by atoms with van der Waals surface area (Å²) >= 11 is 0. The fourth-order valence-corrected chi connectivity index (χ4v) is 3.12. The van der Waals surface area contributed by atoms with Gasteiger partial charge in [0, 0.05) is 5.56 Å². The van der Waals surface area contributed by atoms with Crippen molar-refractivity contribution in [2.24, 2.45) is 0 Å². The van der Waals surface area contributed by atoms with Crippen molar-refractivity contribution in [1.29, 1.82) is 0 Å². The molecule has 0 atom stereocenters. The minimum atomic E-state index is -0.438. The molecule has 3 rings (SSSR count). The molecule has 4 heteroatoms. The number of carbonyl (C=O) groups is 1. The number of hydrogen-bond acceptors (Lipinski definition) is 3. The highest BCUT2D eigenvalue weighted by Gasteiger charge is 2.34. The highest BCUT2D eigenvalue weighted by molar-refractivity contribution is 5.94. The van der Waals surface area contributed by atoms with E-state index in [0.717, 1.165) is 37.0 Å². The summed E-state index contributed by atoms with van der Waals surface area (Å²) in [6.45, 7) is 0.466. The molecule has 126 valence electrons. The average molecular weight is 325 g/mol. The molecular formula is C20H23NO3. The van der Waals surface area contributed by atoms with Crippen LogP contribution in [0.25, 0.3) is 0 Å².